The van der Waals surface area contributed by atoms with Gasteiger partial charge in [0.05, 0.1) is 11.9 Å². The molecule has 0 saturated heterocycles. The second-order valence-electron chi connectivity index (χ2n) is 7.54. The first-order valence-electron chi connectivity index (χ1n) is 9.73. The maximum atomic E-state index is 12.3. The largest absolute Gasteiger partial charge is 0.444 e. The Labute approximate surface area is 175 Å². The Morgan fingerprint density at radius 2 is 1.77 bits per heavy atom. The molecule has 11 heteroatoms. The number of hydrogen-bond acceptors (Lipinski definition) is 7. The third-order valence-corrected chi connectivity index (χ3v) is 3.93. The lowest BCUT2D eigenvalue weighted by molar-refractivity contribution is -0.120. The topological polar surface area (TPSA) is 139 Å². The summed E-state index contributed by atoms with van der Waals surface area (Å²) in [6.07, 6.45) is 3.85. The molecule has 0 aliphatic heterocycles. The van der Waals surface area contributed by atoms with Crippen molar-refractivity contribution in [3.63, 3.8) is 0 Å². The molecular weight excluding hydrogens is 390 g/mol. The van der Waals surface area contributed by atoms with E-state index < -0.39 is 17.7 Å². The van der Waals surface area contributed by atoms with Crippen LogP contribution in [-0.4, -0.2) is 64.8 Å². The fourth-order valence-corrected chi connectivity index (χ4v) is 2.60. The van der Waals surface area contributed by atoms with Gasteiger partial charge < -0.3 is 26.0 Å². The molecule has 2 rings (SSSR count). The van der Waals surface area contributed by atoms with Crippen LogP contribution in [0.25, 0.3) is 11.0 Å². The number of carbonyl (C=O) groups excluding carboxylic acids is 3. The van der Waals surface area contributed by atoms with Crippen molar-refractivity contribution in [1.82, 2.24) is 30.5 Å². The van der Waals surface area contributed by atoms with Crippen molar-refractivity contribution in [2.45, 2.75) is 39.2 Å². The summed E-state index contributed by atoms with van der Waals surface area (Å²) >= 11 is 0. The fourth-order valence-electron chi connectivity index (χ4n) is 2.60. The Morgan fingerprint density at radius 3 is 2.43 bits per heavy atom. The molecule has 11 nitrogen and oxygen atoms in total. The van der Waals surface area contributed by atoms with Crippen LogP contribution in [0, 0.1) is 0 Å². The van der Waals surface area contributed by atoms with Gasteiger partial charge in [0, 0.05) is 26.3 Å². The molecule has 0 saturated carbocycles. The normalized spacial score (nSPS) is 11.1. The number of nitrogens with zero attached hydrogens (tertiary/aromatic N) is 3. The average molecular weight is 419 g/mol. The fraction of sp³-hybridized carbons (Fsp3) is 0.526. The van der Waals surface area contributed by atoms with Crippen LogP contribution in [0.3, 0.4) is 0 Å². The van der Waals surface area contributed by atoms with Crippen LogP contribution in [-0.2, 0) is 9.53 Å². The second-order valence-corrected chi connectivity index (χ2v) is 7.54. The molecule has 0 aliphatic carbocycles. The minimum atomic E-state index is -0.530. The Bertz CT molecular complexity index is 889. The monoisotopic (exact) mass is 419 g/mol. The molecule has 4 N–H and O–H groups in total. The quantitative estimate of drug-likeness (QED) is 0.475. The second kappa shape index (κ2) is 10.4. The van der Waals surface area contributed by atoms with Crippen LogP contribution in [0.2, 0.25) is 0 Å². The number of anilines is 1. The molecule has 0 atom stereocenters. The molecule has 2 heterocycles. The van der Waals surface area contributed by atoms with Crippen molar-refractivity contribution >= 4 is 34.9 Å². The summed E-state index contributed by atoms with van der Waals surface area (Å²) in [5.41, 5.74) is -0.0814. The van der Waals surface area contributed by atoms with Gasteiger partial charge in [-0.15, -0.1) is 0 Å². The van der Waals surface area contributed by atoms with Gasteiger partial charge in [0.2, 0.25) is 5.91 Å². The van der Waals surface area contributed by atoms with Gasteiger partial charge in [0.25, 0.3) is 0 Å². The van der Waals surface area contributed by atoms with Crippen LogP contribution in [0.5, 0.6) is 0 Å². The SMILES string of the molecule is CNc1ncnc2c1ccn2C(=O)NCC(=O)NCCCCNC(=O)OC(C)(C)C. The lowest BCUT2D eigenvalue weighted by atomic mass is 10.2. The molecule has 164 valence electrons. The van der Waals surface area contributed by atoms with Gasteiger partial charge in [-0.3, -0.25) is 9.36 Å². The molecule has 0 aliphatic rings. The smallest absolute Gasteiger partial charge is 0.407 e. The molecule has 0 bridgehead atoms. The number of unbranched alkanes of at least 4 members (excludes halogenated alkanes) is 1. The van der Waals surface area contributed by atoms with Crippen molar-refractivity contribution in [3.05, 3.63) is 18.6 Å². The van der Waals surface area contributed by atoms with Crippen LogP contribution >= 0.6 is 0 Å². The highest BCUT2D eigenvalue weighted by molar-refractivity contribution is 5.95. The molecule has 3 amide bonds. The molecular formula is C19H29N7O4. The van der Waals surface area contributed by atoms with E-state index in [0.717, 1.165) is 0 Å². The van der Waals surface area contributed by atoms with Crippen LogP contribution in [0.15, 0.2) is 18.6 Å². The first-order chi connectivity index (χ1) is 14.2. The number of ether oxygens (including phenoxy) is 1. The first kappa shape index (κ1) is 22.9. The third-order valence-electron chi connectivity index (χ3n) is 3.93. The van der Waals surface area contributed by atoms with Crippen LogP contribution in [0.4, 0.5) is 15.4 Å². The molecule has 0 spiro atoms. The minimum absolute atomic E-state index is 0.154. The van der Waals surface area contributed by atoms with Gasteiger partial charge in [0.1, 0.15) is 17.7 Å². The Balaban J connectivity index is 1.66. The highest BCUT2D eigenvalue weighted by Crippen LogP contribution is 2.19. The van der Waals surface area contributed by atoms with Crippen molar-refractivity contribution in [3.8, 4) is 0 Å². The predicted molar refractivity (Wildman–Crippen MR) is 112 cm³/mol. The zero-order chi connectivity index (χ0) is 22.1. The summed E-state index contributed by atoms with van der Waals surface area (Å²) in [5.74, 6) is 0.316. The van der Waals surface area contributed by atoms with Gasteiger partial charge in [-0.2, -0.15) is 0 Å². The summed E-state index contributed by atoms with van der Waals surface area (Å²) in [6.45, 7) is 6.14. The molecule has 30 heavy (non-hydrogen) atoms. The number of rotatable bonds is 8. The molecule has 2 aromatic rings. The maximum absolute atomic E-state index is 12.3. The number of hydrogen-bond donors (Lipinski definition) is 4. The molecule has 0 fully saturated rings. The zero-order valence-corrected chi connectivity index (χ0v) is 17.7. The van der Waals surface area contributed by atoms with Crippen molar-refractivity contribution in [2.75, 3.05) is 32.0 Å². The lowest BCUT2D eigenvalue weighted by Gasteiger charge is -2.19. The van der Waals surface area contributed by atoms with Gasteiger partial charge in [-0.05, 0) is 39.7 Å². The number of amides is 3. The number of nitrogens with one attached hydrogen (secondary N) is 4. The van der Waals surface area contributed by atoms with E-state index in [-0.39, 0.29) is 12.5 Å². The van der Waals surface area contributed by atoms with Gasteiger partial charge in [-0.25, -0.2) is 19.6 Å². The Morgan fingerprint density at radius 1 is 1.07 bits per heavy atom. The summed E-state index contributed by atoms with van der Waals surface area (Å²) in [6, 6.07) is 1.27. The molecule has 0 radical (unpaired) electrons. The summed E-state index contributed by atoms with van der Waals surface area (Å²) in [7, 11) is 1.73. The van der Waals surface area contributed by atoms with E-state index in [2.05, 4.69) is 31.2 Å². The number of fused-ring (bicyclic) bond motifs is 1. The molecule has 0 unspecified atom stereocenters. The number of aromatic nitrogens is 3. The van der Waals surface area contributed by atoms with E-state index in [9.17, 15) is 14.4 Å². The first-order valence-corrected chi connectivity index (χ1v) is 9.73. The van der Waals surface area contributed by atoms with E-state index in [0.29, 0.717) is 42.8 Å². The number of carbonyl (C=O) groups is 3. The Kier molecular flexibility index (Phi) is 7.96. The van der Waals surface area contributed by atoms with Gasteiger partial charge in [0.15, 0.2) is 5.65 Å². The van der Waals surface area contributed by atoms with E-state index in [1.807, 2.05) is 0 Å². The van der Waals surface area contributed by atoms with Crippen LogP contribution in [0.1, 0.15) is 33.6 Å². The maximum Gasteiger partial charge on any atom is 0.407 e. The summed E-state index contributed by atoms with van der Waals surface area (Å²) < 4.78 is 6.46. The lowest BCUT2D eigenvalue weighted by Crippen LogP contribution is -2.39. The highest BCUT2D eigenvalue weighted by atomic mass is 16.6. The average Bonchev–Trinajstić information content (AvgIpc) is 3.11. The highest BCUT2D eigenvalue weighted by Gasteiger charge is 2.15. The van der Waals surface area contributed by atoms with Crippen LogP contribution < -0.4 is 21.3 Å². The Hall–Kier alpha value is -3.37. The zero-order valence-electron chi connectivity index (χ0n) is 17.7. The minimum Gasteiger partial charge on any atom is -0.444 e. The standard InChI is InChI=1S/C19H29N7O4/c1-19(2,3)30-18(29)22-9-6-5-8-21-14(27)11-23-17(28)26-10-7-13-15(20-4)24-12-25-16(13)26/h7,10,12H,5-6,8-9,11H2,1-4H3,(H,21,27)(H,22,29)(H,23,28)(H,20,24,25). The predicted octanol–water partition coefficient (Wildman–Crippen LogP) is 1.45. The van der Waals surface area contributed by atoms with E-state index >= 15 is 0 Å². The van der Waals surface area contributed by atoms with E-state index in [4.69, 9.17) is 4.74 Å². The summed E-state index contributed by atoms with van der Waals surface area (Å²) in [5, 5.41) is 11.6. The third kappa shape index (κ3) is 6.90. The van der Waals surface area contributed by atoms with E-state index in [1.54, 1.807) is 40.1 Å². The summed E-state index contributed by atoms with van der Waals surface area (Å²) in [4.78, 5) is 44.0. The molecule has 0 aromatic carbocycles. The van der Waals surface area contributed by atoms with E-state index in [1.165, 1.54) is 10.9 Å². The van der Waals surface area contributed by atoms with Crippen molar-refractivity contribution in [1.29, 1.82) is 0 Å². The van der Waals surface area contributed by atoms with Crippen molar-refractivity contribution < 1.29 is 19.1 Å². The van der Waals surface area contributed by atoms with Gasteiger partial charge >= 0.3 is 12.1 Å². The van der Waals surface area contributed by atoms with Gasteiger partial charge in [-0.1, -0.05) is 0 Å². The number of alkyl carbamates (subject to hydrolysis) is 1. The molecule has 2 aromatic heterocycles. The van der Waals surface area contributed by atoms with Crippen molar-refractivity contribution in [2.24, 2.45) is 0 Å².